The molecule has 2 aliphatic rings. The van der Waals surface area contributed by atoms with E-state index in [2.05, 4.69) is 0 Å². The third kappa shape index (κ3) is 2.25. The first kappa shape index (κ1) is 11.1. The van der Waals surface area contributed by atoms with E-state index < -0.39 is 5.79 Å². The molecule has 3 nitrogen and oxygen atoms in total. The smallest absolute Gasteiger partial charge is 0.169 e. The highest BCUT2D eigenvalue weighted by Gasteiger charge is 2.46. The summed E-state index contributed by atoms with van der Waals surface area (Å²) in [7, 11) is 0. The molecule has 1 heterocycles. The highest BCUT2D eigenvalue weighted by atomic mass is 16.8. The zero-order valence-corrected chi connectivity index (χ0v) is 9.32. The Kier molecular flexibility index (Phi) is 3.44. The summed E-state index contributed by atoms with van der Waals surface area (Å²) in [6.45, 7) is 2.00. The molecule has 1 saturated carbocycles. The van der Waals surface area contributed by atoms with E-state index in [4.69, 9.17) is 9.47 Å². The van der Waals surface area contributed by atoms with Crippen molar-refractivity contribution < 1.29 is 14.6 Å². The standard InChI is InChI=1S/C12H20O3/c1-2-6-10-11(9-13)15-12(14-10)7-4-3-5-8-12/h2,6,10-11,13H,3-5,7-9H2,1H3/b6-2+/t10-,11+/m0/s1. The predicted molar refractivity (Wildman–Crippen MR) is 57.5 cm³/mol. The lowest BCUT2D eigenvalue weighted by Crippen LogP contribution is -2.33. The van der Waals surface area contributed by atoms with Crippen LogP contribution in [0.1, 0.15) is 39.0 Å². The minimum Gasteiger partial charge on any atom is -0.394 e. The summed E-state index contributed by atoms with van der Waals surface area (Å²) in [4.78, 5) is 0. The average Bonchev–Trinajstić information content (AvgIpc) is 2.58. The van der Waals surface area contributed by atoms with Crippen LogP contribution >= 0.6 is 0 Å². The lowest BCUT2D eigenvalue weighted by atomic mass is 9.94. The Labute approximate surface area is 91.1 Å². The third-order valence-electron chi connectivity index (χ3n) is 3.26. The molecule has 0 radical (unpaired) electrons. The van der Waals surface area contributed by atoms with Crippen molar-refractivity contribution in [1.82, 2.24) is 0 Å². The molecule has 86 valence electrons. The van der Waals surface area contributed by atoms with Crippen LogP contribution in [0.2, 0.25) is 0 Å². The van der Waals surface area contributed by atoms with Crippen molar-refractivity contribution in [3.8, 4) is 0 Å². The van der Waals surface area contributed by atoms with Gasteiger partial charge in [0, 0.05) is 12.8 Å². The summed E-state index contributed by atoms with van der Waals surface area (Å²) in [5, 5.41) is 9.24. The van der Waals surface area contributed by atoms with Crippen LogP contribution in [0, 0.1) is 0 Å². The molecule has 0 unspecified atom stereocenters. The zero-order chi connectivity index (χ0) is 10.7. The maximum Gasteiger partial charge on any atom is 0.169 e. The van der Waals surface area contributed by atoms with Crippen molar-refractivity contribution in [2.45, 2.75) is 57.0 Å². The van der Waals surface area contributed by atoms with Gasteiger partial charge < -0.3 is 14.6 Å². The number of ether oxygens (including phenoxy) is 2. The van der Waals surface area contributed by atoms with Gasteiger partial charge in [-0.3, -0.25) is 0 Å². The first-order valence-electron chi connectivity index (χ1n) is 5.89. The number of rotatable bonds is 2. The van der Waals surface area contributed by atoms with Crippen LogP contribution in [0.3, 0.4) is 0 Å². The van der Waals surface area contributed by atoms with Gasteiger partial charge in [-0.15, -0.1) is 0 Å². The summed E-state index contributed by atoms with van der Waals surface area (Å²) < 4.78 is 11.8. The molecule has 0 aromatic rings. The predicted octanol–water partition coefficient (Wildman–Crippen LogP) is 2.00. The largest absolute Gasteiger partial charge is 0.394 e. The first-order chi connectivity index (χ1) is 7.29. The van der Waals surface area contributed by atoms with Crippen LogP contribution in [-0.4, -0.2) is 29.7 Å². The average molecular weight is 212 g/mol. The lowest BCUT2D eigenvalue weighted by molar-refractivity contribution is -0.193. The second-order valence-corrected chi connectivity index (χ2v) is 4.42. The molecule has 0 bridgehead atoms. The third-order valence-corrected chi connectivity index (χ3v) is 3.26. The van der Waals surface area contributed by atoms with Crippen molar-refractivity contribution in [2.75, 3.05) is 6.61 Å². The number of allylic oxidation sites excluding steroid dienone is 1. The van der Waals surface area contributed by atoms with Crippen molar-refractivity contribution in [1.29, 1.82) is 0 Å². The number of hydrogen-bond donors (Lipinski definition) is 1. The van der Waals surface area contributed by atoms with E-state index >= 15 is 0 Å². The van der Waals surface area contributed by atoms with Crippen molar-refractivity contribution in [2.24, 2.45) is 0 Å². The highest BCUT2D eigenvalue weighted by molar-refractivity contribution is 4.98. The van der Waals surface area contributed by atoms with E-state index in [1.54, 1.807) is 0 Å². The van der Waals surface area contributed by atoms with E-state index in [0.29, 0.717) is 0 Å². The fraction of sp³-hybridized carbons (Fsp3) is 0.833. The molecule has 1 saturated heterocycles. The minimum atomic E-state index is -0.393. The Morgan fingerprint density at radius 2 is 2.00 bits per heavy atom. The second kappa shape index (κ2) is 4.64. The van der Waals surface area contributed by atoms with E-state index in [0.717, 1.165) is 12.8 Å². The summed E-state index contributed by atoms with van der Waals surface area (Å²) in [6.07, 6.45) is 9.23. The molecule has 15 heavy (non-hydrogen) atoms. The van der Waals surface area contributed by atoms with Crippen LogP contribution in [0.25, 0.3) is 0 Å². The second-order valence-electron chi connectivity index (χ2n) is 4.42. The SMILES string of the molecule is C/C=C/[C@@H]1OC2(CCCCC2)O[C@@H]1CO. The van der Waals surface area contributed by atoms with Crippen LogP contribution in [0.4, 0.5) is 0 Å². The van der Waals surface area contributed by atoms with Gasteiger partial charge in [-0.1, -0.05) is 18.6 Å². The fourth-order valence-corrected chi connectivity index (χ4v) is 2.51. The molecule has 1 spiro atoms. The van der Waals surface area contributed by atoms with Gasteiger partial charge in [0.2, 0.25) is 0 Å². The first-order valence-corrected chi connectivity index (χ1v) is 5.89. The van der Waals surface area contributed by atoms with E-state index in [-0.39, 0.29) is 18.8 Å². The van der Waals surface area contributed by atoms with E-state index in [1.807, 2.05) is 19.1 Å². The minimum absolute atomic E-state index is 0.0384. The van der Waals surface area contributed by atoms with Crippen LogP contribution in [0.15, 0.2) is 12.2 Å². The summed E-state index contributed by atoms with van der Waals surface area (Å²) in [5.41, 5.74) is 0. The molecule has 0 aromatic carbocycles. The molecule has 0 amide bonds. The quantitative estimate of drug-likeness (QED) is 0.711. The van der Waals surface area contributed by atoms with E-state index in [1.165, 1.54) is 19.3 Å². The molecule has 1 aliphatic carbocycles. The van der Waals surface area contributed by atoms with Gasteiger partial charge in [0.25, 0.3) is 0 Å². The van der Waals surface area contributed by atoms with Gasteiger partial charge in [-0.25, -0.2) is 0 Å². The Bertz CT molecular complexity index is 231. The maximum atomic E-state index is 9.24. The Balaban J connectivity index is 2.05. The maximum absolute atomic E-state index is 9.24. The molecular weight excluding hydrogens is 192 g/mol. The topological polar surface area (TPSA) is 38.7 Å². The van der Waals surface area contributed by atoms with Crippen molar-refractivity contribution in [3.05, 3.63) is 12.2 Å². The van der Waals surface area contributed by atoms with Crippen LogP contribution < -0.4 is 0 Å². The van der Waals surface area contributed by atoms with Crippen molar-refractivity contribution in [3.63, 3.8) is 0 Å². The summed E-state index contributed by atoms with van der Waals surface area (Å²) >= 11 is 0. The monoisotopic (exact) mass is 212 g/mol. The van der Waals surface area contributed by atoms with Gasteiger partial charge in [0.15, 0.2) is 5.79 Å². The molecule has 1 N–H and O–H groups in total. The molecule has 2 atom stereocenters. The summed E-state index contributed by atoms with van der Waals surface area (Å²) in [6, 6.07) is 0. The van der Waals surface area contributed by atoms with Gasteiger partial charge in [-0.05, 0) is 19.8 Å². The zero-order valence-electron chi connectivity index (χ0n) is 9.32. The van der Waals surface area contributed by atoms with E-state index in [9.17, 15) is 5.11 Å². The lowest BCUT2D eigenvalue weighted by Gasteiger charge is -2.31. The van der Waals surface area contributed by atoms with Crippen molar-refractivity contribution >= 4 is 0 Å². The van der Waals surface area contributed by atoms with Crippen LogP contribution in [-0.2, 0) is 9.47 Å². The Hall–Kier alpha value is -0.380. The fourth-order valence-electron chi connectivity index (χ4n) is 2.51. The summed E-state index contributed by atoms with van der Waals surface area (Å²) in [5.74, 6) is -0.393. The number of aliphatic hydroxyl groups excluding tert-OH is 1. The Morgan fingerprint density at radius 1 is 1.27 bits per heavy atom. The number of hydrogen-bond acceptors (Lipinski definition) is 3. The molecule has 2 fully saturated rings. The molecule has 3 heteroatoms. The van der Waals surface area contributed by atoms with Crippen LogP contribution in [0.5, 0.6) is 0 Å². The highest BCUT2D eigenvalue weighted by Crippen LogP contribution is 2.40. The van der Waals surface area contributed by atoms with Gasteiger partial charge in [0.05, 0.1) is 6.61 Å². The Morgan fingerprint density at radius 3 is 2.60 bits per heavy atom. The number of aliphatic hydroxyl groups is 1. The van der Waals surface area contributed by atoms with Gasteiger partial charge in [-0.2, -0.15) is 0 Å². The molecule has 1 aliphatic heterocycles. The van der Waals surface area contributed by atoms with Gasteiger partial charge in [0.1, 0.15) is 12.2 Å². The molecular formula is C12H20O3. The van der Waals surface area contributed by atoms with Gasteiger partial charge >= 0.3 is 0 Å². The molecule has 2 rings (SSSR count). The molecule has 0 aromatic heterocycles. The normalized spacial score (nSPS) is 35.3.